The molecule has 21 heavy (non-hydrogen) atoms. The smallest absolute Gasteiger partial charge is 0.131 e. The second-order valence-corrected chi connectivity index (χ2v) is 5.90. The molecule has 0 saturated carbocycles. The molecular weight excluding hydrogens is 265 g/mol. The van der Waals surface area contributed by atoms with Gasteiger partial charge in [-0.25, -0.2) is 4.39 Å². The van der Waals surface area contributed by atoms with E-state index in [0.717, 1.165) is 24.3 Å². The van der Waals surface area contributed by atoms with E-state index in [1.165, 1.54) is 11.6 Å². The van der Waals surface area contributed by atoms with Crippen LogP contribution >= 0.6 is 0 Å². The lowest BCUT2D eigenvalue weighted by molar-refractivity contribution is 0.194. The van der Waals surface area contributed by atoms with E-state index in [1.807, 2.05) is 18.2 Å². The summed E-state index contributed by atoms with van der Waals surface area (Å²) in [5.41, 5.74) is 3.53. The van der Waals surface area contributed by atoms with Gasteiger partial charge in [-0.2, -0.15) is 0 Å². The summed E-state index contributed by atoms with van der Waals surface area (Å²) in [4.78, 5) is 2.13. The Kier molecular flexibility index (Phi) is 3.68. The van der Waals surface area contributed by atoms with Crippen molar-refractivity contribution in [2.45, 2.75) is 26.4 Å². The topological polar surface area (TPSA) is 23.5 Å². The number of aliphatic hydroxyl groups excluding tert-OH is 1. The van der Waals surface area contributed by atoms with Crippen LogP contribution in [-0.4, -0.2) is 11.7 Å². The zero-order valence-electron chi connectivity index (χ0n) is 12.4. The number of para-hydroxylation sites is 1. The van der Waals surface area contributed by atoms with E-state index < -0.39 is 6.10 Å². The number of aliphatic hydroxyl groups is 1. The molecule has 1 aliphatic heterocycles. The van der Waals surface area contributed by atoms with Gasteiger partial charge < -0.3 is 10.0 Å². The van der Waals surface area contributed by atoms with Crippen LogP contribution in [0.15, 0.2) is 42.5 Å². The lowest BCUT2D eigenvalue weighted by Gasteiger charge is -2.36. The Hall–Kier alpha value is -1.87. The van der Waals surface area contributed by atoms with Crippen molar-refractivity contribution in [3.8, 4) is 0 Å². The maximum atomic E-state index is 14.1. The Bertz CT molecular complexity index is 653. The van der Waals surface area contributed by atoms with Gasteiger partial charge in [-0.05, 0) is 43.0 Å². The Labute approximate surface area is 124 Å². The van der Waals surface area contributed by atoms with Crippen LogP contribution in [0.2, 0.25) is 0 Å². The first kappa shape index (κ1) is 14.1. The van der Waals surface area contributed by atoms with Gasteiger partial charge in [-0.1, -0.05) is 31.2 Å². The van der Waals surface area contributed by atoms with E-state index in [2.05, 4.69) is 24.0 Å². The lowest BCUT2D eigenvalue weighted by Crippen LogP contribution is -2.31. The predicted molar refractivity (Wildman–Crippen MR) is 83.3 cm³/mol. The van der Waals surface area contributed by atoms with Gasteiger partial charge in [0.15, 0.2) is 0 Å². The fourth-order valence-electron chi connectivity index (χ4n) is 3.20. The minimum Gasteiger partial charge on any atom is -0.389 e. The fourth-order valence-corrected chi connectivity index (χ4v) is 3.20. The van der Waals surface area contributed by atoms with Crippen LogP contribution in [0.25, 0.3) is 0 Å². The van der Waals surface area contributed by atoms with Gasteiger partial charge >= 0.3 is 0 Å². The molecule has 0 aromatic heterocycles. The van der Waals surface area contributed by atoms with Crippen LogP contribution in [0, 0.1) is 11.7 Å². The summed E-state index contributed by atoms with van der Waals surface area (Å²) in [5, 5.41) is 9.96. The fraction of sp³-hybridized carbons (Fsp3) is 0.333. The number of anilines is 2. The summed E-state index contributed by atoms with van der Waals surface area (Å²) in [7, 11) is 0. The first-order chi connectivity index (χ1) is 10.1. The summed E-state index contributed by atoms with van der Waals surface area (Å²) < 4.78 is 14.1. The van der Waals surface area contributed by atoms with E-state index in [9.17, 15) is 9.50 Å². The number of hydrogen-bond acceptors (Lipinski definition) is 2. The summed E-state index contributed by atoms with van der Waals surface area (Å²) in [6, 6.07) is 13.2. The van der Waals surface area contributed by atoms with Crippen molar-refractivity contribution in [2.75, 3.05) is 11.4 Å². The van der Waals surface area contributed by atoms with E-state index in [0.29, 0.717) is 11.5 Å². The van der Waals surface area contributed by atoms with Crippen LogP contribution in [0.1, 0.15) is 31.1 Å². The highest BCUT2D eigenvalue weighted by molar-refractivity contribution is 5.71. The highest BCUT2D eigenvalue weighted by Gasteiger charge is 2.26. The van der Waals surface area contributed by atoms with E-state index >= 15 is 0 Å². The largest absolute Gasteiger partial charge is 0.389 e. The molecule has 3 rings (SSSR count). The van der Waals surface area contributed by atoms with Gasteiger partial charge in [-0.3, -0.25) is 0 Å². The van der Waals surface area contributed by atoms with Gasteiger partial charge in [0.25, 0.3) is 0 Å². The minimum absolute atomic E-state index is 0.349. The second kappa shape index (κ2) is 5.49. The monoisotopic (exact) mass is 285 g/mol. The Morgan fingerprint density at radius 2 is 1.86 bits per heavy atom. The number of fused-ring (bicyclic) bond motifs is 1. The van der Waals surface area contributed by atoms with E-state index in [-0.39, 0.29) is 5.82 Å². The zero-order valence-corrected chi connectivity index (χ0v) is 12.4. The SMILES string of the molecule is CC1Cc2ccccc2N(c2cccc(F)c2C(C)O)C1. The molecular formula is C18H20FNO. The number of rotatable bonds is 2. The third-order valence-corrected chi connectivity index (χ3v) is 4.08. The van der Waals surface area contributed by atoms with Crippen LogP contribution in [-0.2, 0) is 6.42 Å². The van der Waals surface area contributed by atoms with Crippen LogP contribution < -0.4 is 4.90 Å². The normalized spacial score (nSPS) is 19.2. The second-order valence-electron chi connectivity index (χ2n) is 5.90. The third-order valence-electron chi connectivity index (χ3n) is 4.08. The molecule has 0 saturated heterocycles. The quantitative estimate of drug-likeness (QED) is 0.893. The molecule has 0 bridgehead atoms. The highest BCUT2D eigenvalue weighted by atomic mass is 19.1. The highest BCUT2D eigenvalue weighted by Crippen LogP contribution is 2.39. The average Bonchev–Trinajstić information content (AvgIpc) is 2.45. The van der Waals surface area contributed by atoms with Crippen LogP contribution in [0.5, 0.6) is 0 Å². The molecule has 2 unspecified atom stereocenters. The number of halogens is 1. The maximum Gasteiger partial charge on any atom is 0.131 e. The third kappa shape index (κ3) is 2.54. The van der Waals surface area contributed by atoms with Crippen molar-refractivity contribution < 1.29 is 9.50 Å². The van der Waals surface area contributed by atoms with Crippen LogP contribution in [0.4, 0.5) is 15.8 Å². The molecule has 1 heterocycles. The molecule has 0 radical (unpaired) electrons. The number of benzene rings is 2. The average molecular weight is 285 g/mol. The maximum absolute atomic E-state index is 14.1. The molecule has 2 aromatic carbocycles. The Morgan fingerprint density at radius 3 is 2.62 bits per heavy atom. The Balaban J connectivity index is 2.15. The standard InChI is InChI=1S/C18H20FNO/c1-12-10-14-6-3-4-8-16(14)20(11-12)17-9-5-7-15(19)18(17)13(2)21/h3-9,12-13,21H,10-11H2,1-2H3. The van der Waals surface area contributed by atoms with Crippen molar-refractivity contribution in [1.29, 1.82) is 0 Å². The first-order valence-electron chi connectivity index (χ1n) is 7.40. The number of hydrogen-bond donors (Lipinski definition) is 1. The van der Waals surface area contributed by atoms with Crippen molar-refractivity contribution in [3.05, 3.63) is 59.4 Å². The summed E-state index contributed by atoms with van der Waals surface area (Å²) >= 11 is 0. The molecule has 0 spiro atoms. The zero-order chi connectivity index (χ0) is 15.0. The molecule has 2 aromatic rings. The molecule has 110 valence electrons. The predicted octanol–water partition coefficient (Wildman–Crippen LogP) is 4.21. The minimum atomic E-state index is -0.828. The lowest BCUT2D eigenvalue weighted by atomic mass is 9.92. The van der Waals surface area contributed by atoms with Gasteiger partial charge in [0, 0.05) is 23.5 Å². The van der Waals surface area contributed by atoms with Crippen molar-refractivity contribution in [3.63, 3.8) is 0 Å². The molecule has 1 N–H and O–H groups in total. The van der Waals surface area contributed by atoms with Gasteiger partial charge in [-0.15, -0.1) is 0 Å². The summed E-state index contributed by atoms with van der Waals surface area (Å²) in [5.74, 6) is 0.142. The molecule has 1 aliphatic rings. The van der Waals surface area contributed by atoms with E-state index in [1.54, 1.807) is 13.0 Å². The molecule has 3 heteroatoms. The molecule has 0 fully saturated rings. The summed E-state index contributed by atoms with van der Waals surface area (Å²) in [6.07, 6.45) is 0.206. The van der Waals surface area contributed by atoms with Crippen molar-refractivity contribution in [1.82, 2.24) is 0 Å². The Morgan fingerprint density at radius 1 is 1.14 bits per heavy atom. The first-order valence-corrected chi connectivity index (χ1v) is 7.40. The molecule has 2 nitrogen and oxygen atoms in total. The van der Waals surface area contributed by atoms with Gasteiger partial charge in [0.05, 0.1) is 6.10 Å². The molecule has 2 atom stereocenters. The van der Waals surface area contributed by atoms with E-state index in [4.69, 9.17) is 0 Å². The number of nitrogens with zero attached hydrogens (tertiary/aromatic N) is 1. The van der Waals surface area contributed by atoms with Gasteiger partial charge in [0.1, 0.15) is 5.82 Å². The van der Waals surface area contributed by atoms with Gasteiger partial charge in [0.2, 0.25) is 0 Å². The van der Waals surface area contributed by atoms with Crippen LogP contribution in [0.3, 0.4) is 0 Å². The van der Waals surface area contributed by atoms with Crippen molar-refractivity contribution >= 4 is 11.4 Å². The van der Waals surface area contributed by atoms with Crippen molar-refractivity contribution in [2.24, 2.45) is 5.92 Å². The molecule has 0 amide bonds. The summed E-state index contributed by atoms with van der Waals surface area (Å²) in [6.45, 7) is 4.64. The molecule has 0 aliphatic carbocycles.